The molecular formula is C34H36ClN3O5. The highest BCUT2D eigenvalue weighted by molar-refractivity contribution is 6.30. The molecule has 2 amide bonds. The summed E-state index contributed by atoms with van der Waals surface area (Å²) in [6.45, 7) is 7.16. The van der Waals surface area contributed by atoms with E-state index in [0.29, 0.717) is 5.02 Å². The summed E-state index contributed by atoms with van der Waals surface area (Å²) in [5.74, 6) is -1.02. The van der Waals surface area contributed by atoms with Crippen LogP contribution in [0.4, 0.5) is 4.79 Å². The Labute approximate surface area is 256 Å². The van der Waals surface area contributed by atoms with E-state index in [-0.39, 0.29) is 25.9 Å². The van der Waals surface area contributed by atoms with E-state index in [0.717, 1.165) is 38.7 Å². The van der Waals surface area contributed by atoms with Crippen LogP contribution in [0.15, 0.2) is 72.9 Å². The summed E-state index contributed by atoms with van der Waals surface area (Å²) in [6.07, 6.45) is 1.80. The zero-order chi connectivity index (χ0) is 30.8. The Balaban J connectivity index is 1.44. The maximum atomic E-state index is 14.0. The molecule has 43 heavy (non-hydrogen) atoms. The summed E-state index contributed by atoms with van der Waals surface area (Å²) in [6, 6.07) is 20.3. The van der Waals surface area contributed by atoms with Crippen LogP contribution < -0.4 is 10.6 Å². The van der Waals surface area contributed by atoms with E-state index in [2.05, 4.69) is 15.6 Å². The highest BCUT2D eigenvalue weighted by atomic mass is 35.5. The molecule has 9 heteroatoms. The maximum Gasteiger partial charge on any atom is 0.408 e. The molecule has 1 aliphatic carbocycles. The average Bonchev–Trinajstić information content (AvgIpc) is 3.53. The third-order valence-electron chi connectivity index (χ3n) is 7.50. The van der Waals surface area contributed by atoms with Crippen molar-refractivity contribution in [3.05, 3.63) is 94.6 Å². The van der Waals surface area contributed by atoms with Gasteiger partial charge in [-0.2, -0.15) is 0 Å². The van der Waals surface area contributed by atoms with E-state index < -0.39 is 35.2 Å². The Morgan fingerprint density at radius 2 is 1.67 bits per heavy atom. The lowest BCUT2D eigenvalue weighted by atomic mass is 9.94. The second-order valence-electron chi connectivity index (χ2n) is 11.9. The number of halogens is 1. The van der Waals surface area contributed by atoms with Gasteiger partial charge in [-0.05, 0) is 73.7 Å². The van der Waals surface area contributed by atoms with Crippen LogP contribution >= 0.6 is 11.6 Å². The van der Waals surface area contributed by atoms with Gasteiger partial charge in [0.25, 0.3) is 0 Å². The maximum absolute atomic E-state index is 14.0. The number of ether oxygens (including phenoxy) is 2. The van der Waals surface area contributed by atoms with Gasteiger partial charge >= 0.3 is 12.1 Å². The molecule has 0 saturated heterocycles. The molecule has 224 valence electrons. The average molecular weight is 602 g/mol. The Morgan fingerprint density at radius 1 is 0.977 bits per heavy atom. The Kier molecular flexibility index (Phi) is 8.51. The SMILES string of the molecule is CCOC(=O)C1(NC(=O)[C@@H](Cc2c[nH]c3ccccc23)NC(=O)OC(C)(C)C)Cc2ccc(-c3ccc(Cl)cc3)cc2C1. The largest absolute Gasteiger partial charge is 0.464 e. The molecule has 0 spiro atoms. The molecular weight excluding hydrogens is 566 g/mol. The number of aromatic nitrogens is 1. The molecule has 1 unspecified atom stereocenters. The van der Waals surface area contributed by atoms with E-state index in [1.165, 1.54) is 0 Å². The van der Waals surface area contributed by atoms with Gasteiger partial charge in [-0.1, -0.05) is 60.1 Å². The van der Waals surface area contributed by atoms with Crippen LogP contribution in [0.5, 0.6) is 0 Å². The van der Waals surface area contributed by atoms with E-state index in [9.17, 15) is 14.4 Å². The molecule has 5 rings (SSSR count). The van der Waals surface area contributed by atoms with Gasteiger partial charge in [0, 0.05) is 41.4 Å². The third-order valence-corrected chi connectivity index (χ3v) is 7.76. The smallest absolute Gasteiger partial charge is 0.408 e. The first-order valence-electron chi connectivity index (χ1n) is 14.4. The summed E-state index contributed by atoms with van der Waals surface area (Å²) in [4.78, 5) is 43.6. The first-order valence-corrected chi connectivity index (χ1v) is 14.8. The van der Waals surface area contributed by atoms with Crippen LogP contribution in [0.25, 0.3) is 22.0 Å². The molecule has 8 nitrogen and oxygen atoms in total. The molecule has 0 aliphatic heterocycles. The number of esters is 1. The number of carbonyl (C=O) groups is 3. The minimum Gasteiger partial charge on any atom is -0.464 e. The number of hydrogen-bond acceptors (Lipinski definition) is 5. The number of H-pyrrole nitrogens is 1. The van der Waals surface area contributed by atoms with Crippen molar-refractivity contribution in [1.82, 2.24) is 15.6 Å². The van der Waals surface area contributed by atoms with Crippen molar-refractivity contribution >= 4 is 40.5 Å². The number of para-hydroxylation sites is 1. The van der Waals surface area contributed by atoms with Gasteiger partial charge < -0.3 is 25.1 Å². The lowest BCUT2D eigenvalue weighted by molar-refractivity contribution is -0.153. The van der Waals surface area contributed by atoms with E-state index in [1.807, 2.05) is 72.9 Å². The molecule has 4 aromatic rings. The van der Waals surface area contributed by atoms with Crippen LogP contribution in [-0.4, -0.2) is 46.7 Å². The molecule has 1 aromatic heterocycles. The summed E-state index contributed by atoms with van der Waals surface area (Å²) in [7, 11) is 0. The van der Waals surface area contributed by atoms with Crippen molar-refractivity contribution in [2.45, 2.75) is 64.1 Å². The quantitative estimate of drug-likeness (QED) is 0.210. The number of amides is 2. The van der Waals surface area contributed by atoms with Crippen molar-refractivity contribution in [1.29, 1.82) is 0 Å². The zero-order valence-corrected chi connectivity index (χ0v) is 25.5. The predicted octanol–water partition coefficient (Wildman–Crippen LogP) is 6.14. The molecule has 0 radical (unpaired) electrons. The summed E-state index contributed by atoms with van der Waals surface area (Å²) >= 11 is 6.08. The second-order valence-corrected chi connectivity index (χ2v) is 12.3. The number of nitrogens with one attached hydrogen (secondary N) is 3. The van der Waals surface area contributed by atoms with Crippen molar-refractivity contribution in [2.24, 2.45) is 0 Å². The number of alkyl carbamates (subject to hydrolysis) is 1. The highest BCUT2D eigenvalue weighted by Gasteiger charge is 2.47. The van der Waals surface area contributed by atoms with Gasteiger partial charge in [-0.25, -0.2) is 9.59 Å². The molecule has 0 bridgehead atoms. The lowest BCUT2D eigenvalue weighted by Gasteiger charge is -2.30. The number of benzene rings is 3. The first kappa shape index (κ1) is 30.2. The summed E-state index contributed by atoms with van der Waals surface area (Å²) in [5, 5.41) is 7.34. The van der Waals surface area contributed by atoms with Crippen LogP contribution in [0.3, 0.4) is 0 Å². The zero-order valence-electron chi connectivity index (χ0n) is 24.8. The third kappa shape index (κ3) is 6.86. The van der Waals surface area contributed by atoms with Crippen molar-refractivity contribution < 1.29 is 23.9 Å². The van der Waals surface area contributed by atoms with E-state index >= 15 is 0 Å². The Morgan fingerprint density at radius 3 is 2.40 bits per heavy atom. The van der Waals surface area contributed by atoms with Gasteiger partial charge in [-0.15, -0.1) is 0 Å². The van der Waals surface area contributed by atoms with Crippen LogP contribution in [0, 0.1) is 0 Å². The fourth-order valence-corrected chi connectivity index (χ4v) is 5.68. The van der Waals surface area contributed by atoms with Crippen LogP contribution in [0.1, 0.15) is 44.4 Å². The molecule has 1 heterocycles. The van der Waals surface area contributed by atoms with Crippen LogP contribution in [-0.2, 0) is 38.3 Å². The van der Waals surface area contributed by atoms with Crippen LogP contribution in [0.2, 0.25) is 5.02 Å². The van der Waals surface area contributed by atoms with Gasteiger partial charge in [0.05, 0.1) is 6.61 Å². The standard InChI is InChI=1S/C34H36ClN3O5/c1-5-42-31(40)34(18-23-11-10-22(16-24(23)19-34)21-12-14-26(35)15-13-21)38-30(39)29(37-32(41)43-33(2,3)4)17-25-20-36-28-9-7-6-8-27(25)28/h6-16,20,29,36H,5,17-19H2,1-4H3,(H,37,41)(H,38,39)/t29-,34?/m1/s1. The first-order chi connectivity index (χ1) is 20.5. The van der Waals surface area contributed by atoms with Crippen molar-refractivity contribution in [3.8, 4) is 11.1 Å². The fourth-order valence-electron chi connectivity index (χ4n) is 5.55. The van der Waals surface area contributed by atoms with E-state index in [1.54, 1.807) is 27.7 Å². The number of fused-ring (bicyclic) bond motifs is 2. The second kappa shape index (κ2) is 12.1. The molecule has 2 atom stereocenters. The van der Waals surface area contributed by atoms with Crippen molar-refractivity contribution in [2.75, 3.05) is 6.61 Å². The molecule has 1 aliphatic rings. The fraction of sp³-hybridized carbons (Fsp3) is 0.324. The Bertz CT molecular complexity index is 1660. The van der Waals surface area contributed by atoms with E-state index in [4.69, 9.17) is 21.1 Å². The number of hydrogen-bond donors (Lipinski definition) is 3. The highest BCUT2D eigenvalue weighted by Crippen LogP contribution is 2.35. The minimum absolute atomic E-state index is 0.164. The normalized spacial score (nSPS) is 16.8. The predicted molar refractivity (Wildman–Crippen MR) is 167 cm³/mol. The summed E-state index contributed by atoms with van der Waals surface area (Å²) in [5.41, 5.74) is 3.53. The number of carbonyl (C=O) groups excluding carboxylic acids is 3. The minimum atomic E-state index is -1.33. The van der Waals surface area contributed by atoms with Crippen molar-refractivity contribution in [3.63, 3.8) is 0 Å². The molecule has 3 N–H and O–H groups in total. The number of aromatic amines is 1. The lowest BCUT2D eigenvalue weighted by Crippen LogP contribution is -2.61. The molecule has 0 fully saturated rings. The molecule has 3 aromatic carbocycles. The molecule has 0 saturated carbocycles. The van der Waals surface area contributed by atoms with Gasteiger partial charge in [0.2, 0.25) is 5.91 Å². The van der Waals surface area contributed by atoms with Gasteiger partial charge in [-0.3, -0.25) is 4.79 Å². The van der Waals surface area contributed by atoms with Gasteiger partial charge in [0.1, 0.15) is 17.2 Å². The topological polar surface area (TPSA) is 110 Å². The number of rotatable bonds is 8. The van der Waals surface area contributed by atoms with Gasteiger partial charge in [0.15, 0.2) is 0 Å². The Hall–Kier alpha value is -4.30. The summed E-state index contributed by atoms with van der Waals surface area (Å²) < 4.78 is 11.0. The monoisotopic (exact) mass is 601 g/mol.